The molecule has 4 heteroatoms. The summed E-state index contributed by atoms with van der Waals surface area (Å²) in [7, 11) is 0. The average Bonchev–Trinajstić information content (AvgIpc) is 2.70. The molecule has 0 spiro atoms. The van der Waals surface area contributed by atoms with Crippen LogP contribution in [0.2, 0.25) is 5.02 Å². The van der Waals surface area contributed by atoms with Crippen molar-refractivity contribution in [2.75, 3.05) is 11.4 Å². The highest BCUT2D eigenvalue weighted by atomic mass is 35.5. The Bertz CT molecular complexity index is 493. The molecule has 1 aromatic carbocycles. The highest BCUT2D eigenvalue weighted by molar-refractivity contribution is 6.31. The molecule has 0 aliphatic carbocycles. The number of carbonyl (C=O) groups is 1. The fourth-order valence-electron chi connectivity index (χ4n) is 1.97. The third-order valence-electron chi connectivity index (χ3n) is 2.87. The number of hydrogen-bond donors (Lipinski definition) is 1. The van der Waals surface area contributed by atoms with Gasteiger partial charge in [-0.1, -0.05) is 17.7 Å². The van der Waals surface area contributed by atoms with E-state index in [1.807, 2.05) is 0 Å². The van der Waals surface area contributed by atoms with Gasteiger partial charge >= 0.3 is 0 Å². The molecular formula is C13H12ClNO2. The van der Waals surface area contributed by atoms with Gasteiger partial charge in [-0.25, -0.2) is 0 Å². The second-order valence-corrected chi connectivity index (χ2v) is 4.44. The minimum absolute atomic E-state index is 0.0232. The smallest absolute Gasteiger partial charge is 0.228 e. The van der Waals surface area contributed by atoms with Crippen molar-refractivity contribution in [3.05, 3.63) is 28.8 Å². The first kappa shape index (κ1) is 12.0. The van der Waals surface area contributed by atoms with E-state index < -0.39 is 0 Å². The van der Waals surface area contributed by atoms with E-state index in [-0.39, 0.29) is 18.4 Å². The molecule has 1 unspecified atom stereocenters. The van der Waals surface area contributed by atoms with Gasteiger partial charge in [-0.15, -0.1) is 12.3 Å². The summed E-state index contributed by atoms with van der Waals surface area (Å²) in [6, 6.07) is 5.09. The van der Waals surface area contributed by atoms with Crippen molar-refractivity contribution in [1.82, 2.24) is 0 Å². The molecule has 1 amide bonds. The number of hydrogen-bond acceptors (Lipinski definition) is 2. The summed E-state index contributed by atoms with van der Waals surface area (Å²) in [6.45, 7) is 0.361. The second kappa shape index (κ2) is 4.79. The maximum atomic E-state index is 11.8. The fourth-order valence-corrected chi connectivity index (χ4v) is 2.14. The van der Waals surface area contributed by atoms with Crippen molar-refractivity contribution in [1.29, 1.82) is 0 Å². The van der Waals surface area contributed by atoms with Crippen molar-refractivity contribution in [3.63, 3.8) is 0 Å². The van der Waals surface area contributed by atoms with Gasteiger partial charge in [-0.05, 0) is 12.1 Å². The van der Waals surface area contributed by atoms with Gasteiger partial charge in [0.15, 0.2) is 0 Å². The molecule has 1 aliphatic heterocycles. The van der Waals surface area contributed by atoms with Crippen molar-refractivity contribution in [2.45, 2.75) is 13.0 Å². The zero-order valence-corrected chi connectivity index (χ0v) is 9.94. The molecule has 1 saturated heterocycles. The van der Waals surface area contributed by atoms with Crippen LogP contribution in [-0.2, 0) is 11.4 Å². The third kappa shape index (κ3) is 2.28. The Labute approximate surface area is 105 Å². The summed E-state index contributed by atoms with van der Waals surface area (Å²) >= 11 is 5.91. The fraction of sp³-hybridized carbons (Fsp3) is 0.308. The topological polar surface area (TPSA) is 40.5 Å². The lowest BCUT2D eigenvalue weighted by Crippen LogP contribution is -2.25. The minimum Gasteiger partial charge on any atom is -0.392 e. The van der Waals surface area contributed by atoms with E-state index in [9.17, 15) is 9.90 Å². The van der Waals surface area contributed by atoms with Gasteiger partial charge in [0, 0.05) is 29.5 Å². The van der Waals surface area contributed by atoms with Gasteiger partial charge < -0.3 is 10.0 Å². The SMILES string of the molecule is C#CC1CC(=O)N(c2cc(Cl)ccc2CO)C1. The van der Waals surface area contributed by atoms with Gasteiger partial charge in [-0.2, -0.15) is 0 Å². The van der Waals surface area contributed by atoms with E-state index >= 15 is 0 Å². The summed E-state index contributed by atoms with van der Waals surface area (Å²) in [5, 5.41) is 9.79. The van der Waals surface area contributed by atoms with Crippen LogP contribution in [0.5, 0.6) is 0 Å². The second-order valence-electron chi connectivity index (χ2n) is 4.00. The Kier molecular flexibility index (Phi) is 3.37. The number of carbonyl (C=O) groups excluding carboxylic acids is 1. The number of benzene rings is 1. The van der Waals surface area contributed by atoms with Gasteiger partial charge in [0.25, 0.3) is 0 Å². The quantitative estimate of drug-likeness (QED) is 0.813. The number of amides is 1. The van der Waals surface area contributed by atoms with Crippen molar-refractivity contribution >= 4 is 23.2 Å². The number of anilines is 1. The first-order valence-corrected chi connectivity index (χ1v) is 5.69. The molecular weight excluding hydrogens is 238 g/mol. The Morgan fingerprint density at radius 2 is 2.35 bits per heavy atom. The predicted octanol–water partition coefficient (Wildman–Crippen LogP) is 1.82. The molecule has 2 rings (SSSR count). The molecule has 1 N–H and O–H groups in total. The lowest BCUT2D eigenvalue weighted by Gasteiger charge is -2.19. The van der Waals surface area contributed by atoms with Crippen molar-refractivity contribution in [2.24, 2.45) is 5.92 Å². The summed E-state index contributed by atoms with van der Waals surface area (Å²) in [5.41, 5.74) is 1.34. The Hall–Kier alpha value is -1.50. The first-order valence-electron chi connectivity index (χ1n) is 5.31. The molecule has 0 bridgehead atoms. The van der Waals surface area contributed by atoms with E-state index in [1.165, 1.54) is 0 Å². The molecule has 3 nitrogen and oxygen atoms in total. The monoisotopic (exact) mass is 249 g/mol. The molecule has 0 aromatic heterocycles. The van der Waals surface area contributed by atoms with Crippen LogP contribution in [0.4, 0.5) is 5.69 Å². The van der Waals surface area contributed by atoms with E-state index in [4.69, 9.17) is 18.0 Å². The highest BCUT2D eigenvalue weighted by Gasteiger charge is 2.30. The zero-order chi connectivity index (χ0) is 12.4. The van der Waals surface area contributed by atoms with Crippen LogP contribution < -0.4 is 4.90 Å². The number of aliphatic hydroxyl groups excluding tert-OH is 1. The molecule has 1 atom stereocenters. The molecule has 17 heavy (non-hydrogen) atoms. The molecule has 1 aromatic rings. The van der Waals surface area contributed by atoms with Gasteiger partial charge in [-0.3, -0.25) is 4.79 Å². The summed E-state index contributed by atoms with van der Waals surface area (Å²) in [6.07, 6.45) is 5.69. The van der Waals surface area contributed by atoms with E-state index in [2.05, 4.69) is 5.92 Å². The number of nitrogens with zero attached hydrogens (tertiary/aromatic N) is 1. The van der Waals surface area contributed by atoms with E-state index in [1.54, 1.807) is 23.1 Å². The normalized spacial score (nSPS) is 19.5. The minimum atomic E-state index is -0.128. The van der Waals surface area contributed by atoms with Crippen molar-refractivity contribution < 1.29 is 9.90 Å². The Morgan fingerprint density at radius 3 is 2.94 bits per heavy atom. The zero-order valence-electron chi connectivity index (χ0n) is 9.19. The molecule has 88 valence electrons. The average molecular weight is 250 g/mol. The van der Waals surface area contributed by atoms with E-state index in [0.717, 1.165) is 0 Å². The maximum Gasteiger partial charge on any atom is 0.228 e. The standard InChI is InChI=1S/C13H12ClNO2/c1-2-9-5-13(17)15(7-9)12-6-11(14)4-3-10(12)8-16/h1,3-4,6,9,16H,5,7-8H2. The lowest BCUT2D eigenvalue weighted by molar-refractivity contribution is -0.117. The number of aliphatic hydroxyl groups is 1. The Balaban J connectivity index is 2.37. The van der Waals surface area contributed by atoms with Crippen LogP contribution in [0.3, 0.4) is 0 Å². The van der Waals surface area contributed by atoms with Crippen molar-refractivity contribution in [3.8, 4) is 12.3 Å². The van der Waals surface area contributed by atoms with Gasteiger partial charge in [0.05, 0.1) is 12.3 Å². The van der Waals surface area contributed by atoms with Gasteiger partial charge in [0.2, 0.25) is 5.91 Å². The lowest BCUT2D eigenvalue weighted by atomic mass is 10.1. The maximum absolute atomic E-state index is 11.8. The highest BCUT2D eigenvalue weighted by Crippen LogP contribution is 2.30. The first-order chi connectivity index (χ1) is 8.15. The summed E-state index contributed by atoms with van der Waals surface area (Å²) in [4.78, 5) is 13.4. The van der Waals surface area contributed by atoms with Crippen LogP contribution in [0.1, 0.15) is 12.0 Å². The Morgan fingerprint density at radius 1 is 1.59 bits per heavy atom. The molecule has 0 saturated carbocycles. The molecule has 1 heterocycles. The molecule has 0 radical (unpaired) electrons. The largest absolute Gasteiger partial charge is 0.392 e. The number of halogens is 1. The van der Waals surface area contributed by atoms with Crippen LogP contribution in [0.25, 0.3) is 0 Å². The van der Waals surface area contributed by atoms with Crippen LogP contribution in [0.15, 0.2) is 18.2 Å². The molecule has 1 aliphatic rings. The van der Waals surface area contributed by atoms with Crippen LogP contribution in [-0.4, -0.2) is 17.6 Å². The summed E-state index contributed by atoms with van der Waals surface area (Å²) in [5.74, 6) is 2.50. The predicted molar refractivity (Wildman–Crippen MR) is 66.7 cm³/mol. The summed E-state index contributed by atoms with van der Waals surface area (Å²) < 4.78 is 0. The van der Waals surface area contributed by atoms with E-state index in [0.29, 0.717) is 29.2 Å². The van der Waals surface area contributed by atoms with Crippen LogP contribution in [0, 0.1) is 18.3 Å². The molecule has 1 fully saturated rings. The number of terminal acetylenes is 1. The number of rotatable bonds is 2. The van der Waals surface area contributed by atoms with Crippen LogP contribution >= 0.6 is 11.6 Å². The third-order valence-corrected chi connectivity index (χ3v) is 3.10. The van der Waals surface area contributed by atoms with Gasteiger partial charge in [0.1, 0.15) is 0 Å².